The monoisotopic (exact) mass is 289 g/mol. The Hall–Kier alpha value is -0.540. The maximum Gasteiger partial charge on any atom is 0.221 e. The van der Waals surface area contributed by atoms with Crippen molar-refractivity contribution >= 4 is 33.4 Å². The molecule has 1 aromatic carbocycles. The molecule has 0 aliphatic heterocycles. The van der Waals surface area contributed by atoms with Gasteiger partial charge >= 0.3 is 0 Å². The lowest BCUT2D eigenvalue weighted by Crippen LogP contribution is -2.25. The van der Waals surface area contributed by atoms with Crippen molar-refractivity contribution in [1.82, 2.24) is 5.32 Å². The summed E-state index contributed by atoms with van der Waals surface area (Å²) < 4.78 is 1.08. The summed E-state index contributed by atoms with van der Waals surface area (Å²) in [7, 11) is 0. The van der Waals surface area contributed by atoms with Crippen LogP contribution >= 0.6 is 27.5 Å². The van der Waals surface area contributed by atoms with Gasteiger partial charge in [-0.25, -0.2) is 0 Å². The molecule has 0 spiro atoms. The molecule has 1 N–H and O–H groups in total. The number of nitrogens with one attached hydrogen (secondary N) is 1. The van der Waals surface area contributed by atoms with E-state index in [1.807, 2.05) is 24.3 Å². The van der Waals surface area contributed by atoms with E-state index in [0.717, 1.165) is 10.9 Å². The molecule has 0 bridgehead atoms. The van der Waals surface area contributed by atoms with Gasteiger partial charge in [-0.15, -0.1) is 11.6 Å². The van der Waals surface area contributed by atoms with Gasteiger partial charge in [-0.05, 0) is 18.1 Å². The average molecular weight is 291 g/mol. The standard InChI is InChI=1S/C11H13BrClNO/c12-10-4-2-1-3-9(10)6-8-14-11(15)5-7-13/h1-4H,5-8H2,(H,14,15). The van der Waals surface area contributed by atoms with Crippen LogP contribution in [0.3, 0.4) is 0 Å². The molecule has 1 rings (SSSR count). The Morgan fingerprint density at radius 2 is 2.13 bits per heavy atom. The fourth-order valence-electron chi connectivity index (χ4n) is 1.21. The van der Waals surface area contributed by atoms with Gasteiger partial charge in [0.2, 0.25) is 5.91 Å². The largest absolute Gasteiger partial charge is 0.356 e. The lowest BCUT2D eigenvalue weighted by atomic mass is 10.1. The van der Waals surface area contributed by atoms with Crippen molar-refractivity contribution in [3.8, 4) is 0 Å². The highest BCUT2D eigenvalue weighted by Crippen LogP contribution is 2.15. The highest BCUT2D eigenvalue weighted by atomic mass is 79.9. The minimum absolute atomic E-state index is 0.0112. The molecule has 15 heavy (non-hydrogen) atoms. The van der Waals surface area contributed by atoms with Crippen LogP contribution in [0.25, 0.3) is 0 Å². The van der Waals surface area contributed by atoms with Crippen LogP contribution in [0, 0.1) is 0 Å². The molecule has 0 aliphatic carbocycles. The normalized spacial score (nSPS) is 10.0. The maximum atomic E-state index is 11.1. The van der Waals surface area contributed by atoms with Gasteiger partial charge < -0.3 is 5.32 Å². The van der Waals surface area contributed by atoms with Crippen molar-refractivity contribution in [1.29, 1.82) is 0 Å². The predicted octanol–water partition coefficient (Wildman–Crippen LogP) is 2.74. The molecule has 4 heteroatoms. The molecule has 82 valence electrons. The second-order valence-corrected chi connectivity index (χ2v) is 4.36. The number of benzene rings is 1. The summed E-state index contributed by atoms with van der Waals surface area (Å²) in [5, 5.41) is 2.82. The van der Waals surface area contributed by atoms with E-state index in [4.69, 9.17) is 11.6 Å². The van der Waals surface area contributed by atoms with Gasteiger partial charge in [0.1, 0.15) is 0 Å². The van der Waals surface area contributed by atoms with Gasteiger partial charge in [0.15, 0.2) is 0 Å². The first-order valence-corrected chi connectivity index (χ1v) is 6.13. The summed E-state index contributed by atoms with van der Waals surface area (Å²) in [6.45, 7) is 0.651. The van der Waals surface area contributed by atoms with E-state index in [2.05, 4.69) is 21.2 Å². The summed E-state index contributed by atoms with van der Waals surface area (Å²) in [6, 6.07) is 7.99. The van der Waals surface area contributed by atoms with E-state index >= 15 is 0 Å². The Morgan fingerprint density at radius 3 is 2.80 bits per heavy atom. The molecule has 0 fully saturated rings. The van der Waals surface area contributed by atoms with Crippen LogP contribution in [0.1, 0.15) is 12.0 Å². The van der Waals surface area contributed by atoms with Crippen molar-refractivity contribution in [2.45, 2.75) is 12.8 Å². The van der Waals surface area contributed by atoms with Crippen molar-refractivity contribution in [3.63, 3.8) is 0 Å². The zero-order valence-electron chi connectivity index (χ0n) is 8.30. The molecule has 0 heterocycles. The quantitative estimate of drug-likeness (QED) is 0.830. The van der Waals surface area contributed by atoms with Crippen molar-refractivity contribution in [2.24, 2.45) is 0 Å². The van der Waals surface area contributed by atoms with Crippen LogP contribution < -0.4 is 5.32 Å². The summed E-state index contributed by atoms with van der Waals surface area (Å²) >= 11 is 8.91. The fraction of sp³-hybridized carbons (Fsp3) is 0.364. The number of halogens is 2. The molecular weight excluding hydrogens is 277 g/mol. The van der Waals surface area contributed by atoms with Crippen LogP contribution in [0.4, 0.5) is 0 Å². The van der Waals surface area contributed by atoms with Crippen LogP contribution in [0.5, 0.6) is 0 Å². The fourth-order valence-corrected chi connectivity index (χ4v) is 1.87. The van der Waals surface area contributed by atoms with E-state index in [1.54, 1.807) is 0 Å². The highest BCUT2D eigenvalue weighted by molar-refractivity contribution is 9.10. The summed E-state index contributed by atoms with van der Waals surface area (Å²) in [5.74, 6) is 0.387. The van der Waals surface area contributed by atoms with Gasteiger partial charge in [-0.1, -0.05) is 34.1 Å². The van der Waals surface area contributed by atoms with E-state index in [9.17, 15) is 4.79 Å². The number of amides is 1. The second kappa shape index (κ2) is 6.85. The Kier molecular flexibility index (Phi) is 5.73. The van der Waals surface area contributed by atoms with Crippen LogP contribution in [0.2, 0.25) is 0 Å². The zero-order chi connectivity index (χ0) is 11.1. The Balaban J connectivity index is 2.32. The Morgan fingerprint density at radius 1 is 1.40 bits per heavy atom. The number of hydrogen-bond acceptors (Lipinski definition) is 1. The van der Waals surface area contributed by atoms with E-state index in [1.165, 1.54) is 5.56 Å². The number of carbonyl (C=O) groups excluding carboxylic acids is 1. The molecule has 1 amide bonds. The van der Waals surface area contributed by atoms with Crippen LogP contribution in [0.15, 0.2) is 28.7 Å². The number of carbonyl (C=O) groups is 1. The minimum atomic E-state index is 0.0112. The Bertz CT molecular complexity index is 330. The molecule has 0 aromatic heterocycles. The third kappa shape index (κ3) is 4.67. The predicted molar refractivity (Wildman–Crippen MR) is 66.2 cm³/mol. The Labute approximate surface area is 103 Å². The van der Waals surface area contributed by atoms with Crippen molar-refractivity contribution in [3.05, 3.63) is 34.3 Å². The number of rotatable bonds is 5. The molecule has 0 radical (unpaired) electrons. The average Bonchev–Trinajstić information content (AvgIpc) is 2.21. The topological polar surface area (TPSA) is 29.1 Å². The molecule has 0 unspecified atom stereocenters. The molecule has 2 nitrogen and oxygen atoms in total. The van der Waals surface area contributed by atoms with Gasteiger partial charge in [0.05, 0.1) is 0 Å². The second-order valence-electron chi connectivity index (χ2n) is 3.13. The van der Waals surface area contributed by atoms with Gasteiger partial charge in [-0.2, -0.15) is 0 Å². The first-order chi connectivity index (χ1) is 7.24. The molecule has 0 atom stereocenters. The van der Waals surface area contributed by atoms with Crippen molar-refractivity contribution in [2.75, 3.05) is 12.4 Å². The van der Waals surface area contributed by atoms with E-state index in [0.29, 0.717) is 18.8 Å². The van der Waals surface area contributed by atoms with E-state index in [-0.39, 0.29) is 5.91 Å². The number of hydrogen-bond donors (Lipinski definition) is 1. The van der Waals surface area contributed by atoms with Crippen molar-refractivity contribution < 1.29 is 4.79 Å². The smallest absolute Gasteiger partial charge is 0.221 e. The van der Waals surface area contributed by atoms with E-state index < -0.39 is 0 Å². The lowest BCUT2D eigenvalue weighted by Gasteiger charge is -2.05. The van der Waals surface area contributed by atoms with Gasteiger partial charge in [-0.3, -0.25) is 4.79 Å². The molecule has 0 saturated carbocycles. The first kappa shape index (κ1) is 12.5. The van der Waals surface area contributed by atoms with Gasteiger partial charge in [0, 0.05) is 23.3 Å². The highest BCUT2D eigenvalue weighted by Gasteiger charge is 2.01. The van der Waals surface area contributed by atoms with Crippen LogP contribution in [-0.2, 0) is 11.2 Å². The molecular formula is C11H13BrClNO. The first-order valence-electron chi connectivity index (χ1n) is 4.80. The maximum absolute atomic E-state index is 11.1. The van der Waals surface area contributed by atoms with Crippen LogP contribution in [-0.4, -0.2) is 18.3 Å². The molecule has 0 saturated heterocycles. The summed E-state index contributed by atoms with van der Waals surface area (Å²) in [6.07, 6.45) is 1.22. The zero-order valence-corrected chi connectivity index (χ0v) is 10.6. The molecule has 0 aliphatic rings. The summed E-state index contributed by atoms with van der Waals surface area (Å²) in [5.41, 5.74) is 1.20. The number of alkyl halides is 1. The summed E-state index contributed by atoms with van der Waals surface area (Å²) in [4.78, 5) is 11.1. The molecule has 1 aromatic rings. The third-order valence-electron chi connectivity index (χ3n) is 2.00. The lowest BCUT2D eigenvalue weighted by molar-refractivity contribution is -0.120. The SMILES string of the molecule is O=C(CCCl)NCCc1ccccc1Br. The minimum Gasteiger partial charge on any atom is -0.356 e. The third-order valence-corrected chi connectivity index (χ3v) is 2.96. The van der Waals surface area contributed by atoms with Gasteiger partial charge in [0.25, 0.3) is 0 Å².